The molecule has 20 heavy (non-hydrogen) atoms. The summed E-state index contributed by atoms with van der Waals surface area (Å²) in [6.45, 7) is 3.30. The zero-order valence-corrected chi connectivity index (χ0v) is 11.5. The van der Waals surface area contributed by atoms with Gasteiger partial charge in [-0.25, -0.2) is 0 Å². The summed E-state index contributed by atoms with van der Waals surface area (Å²) in [6, 6.07) is 5.80. The Bertz CT molecular complexity index is 607. The van der Waals surface area contributed by atoms with Crippen LogP contribution in [0.25, 0.3) is 11.1 Å². The SMILES string of the molecule is CCCCc1onc(N)c1-c1ccc2c(c1)OCCO2. The molecule has 0 saturated heterocycles. The van der Waals surface area contributed by atoms with Crippen LogP contribution in [0.15, 0.2) is 22.7 Å². The van der Waals surface area contributed by atoms with Crippen LogP contribution in [-0.4, -0.2) is 18.4 Å². The predicted molar refractivity (Wildman–Crippen MR) is 76.0 cm³/mol. The van der Waals surface area contributed by atoms with Crippen molar-refractivity contribution in [3.8, 4) is 22.6 Å². The molecular weight excluding hydrogens is 256 g/mol. The minimum atomic E-state index is 0.424. The van der Waals surface area contributed by atoms with E-state index in [-0.39, 0.29) is 0 Å². The summed E-state index contributed by atoms with van der Waals surface area (Å²) in [5, 5.41) is 3.89. The molecular formula is C15H18N2O3. The van der Waals surface area contributed by atoms with Gasteiger partial charge in [-0.1, -0.05) is 24.6 Å². The second-order valence-corrected chi connectivity index (χ2v) is 4.83. The molecule has 0 saturated carbocycles. The standard InChI is InChI=1S/C15H18N2O3/c1-2-3-4-12-14(15(16)17-20-12)10-5-6-11-13(9-10)19-8-7-18-11/h5-6,9H,2-4,7-8H2,1H3,(H2,16,17). The van der Waals surface area contributed by atoms with E-state index >= 15 is 0 Å². The third-order valence-corrected chi connectivity index (χ3v) is 3.38. The van der Waals surface area contributed by atoms with E-state index in [1.54, 1.807) is 0 Å². The first-order valence-electron chi connectivity index (χ1n) is 6.93. The molecule has 106 valence electrons. The lowest BCUT2D eigenvalue weighted by Gasteiger charge is -2.18. The van der Waals surface area contributed by atoms with Crippen LogP contribution in [0.1, 0.15) is 25.5 Å². The van der Waals surface area contributed by atoms with Crippen molar-refractivity contribution in [3.05, 3.63) is 24.0 Å². The summed E-state index contributed by atoms with van der Waals surface area (Å²) < 4.78 is 16.5. The van der Waals surface area contributed by atoms with Gasteiger partial charge in [-0.15, -0.1) is 0 Å². The maximum absolute atomic E-state index is 5.94. The number of ether oxygens (including phenoxy) is 2. The van der Waals surface area contributed by atoms with Crippen molar-refractivity contribution < 1.29 is 14.0 Å². The second kappa shape index (κ2) is 5.45. The van der Waals surface area contributed by atoms with Crippen molar-refractivity contribution in [3.63, 3.8) is 0 Å². The van der Waals surface area contributed by atoms with E-state index in [2.05, 4.69) is 12.1 Å². The Morgan fingerprint density at radius 3 is 2.80 bits per heavy atom. The fourth-order valence-electron chi connectivity index (χ4n) is 2.35. The Morgan fingerprint density at radius 2 is 2.00 bits per heavy atom. The van der Waals surface area contributed by atoms with Crippen molar-refractivity contribution in [2.75, 3.05) is 18.9 Å². The number of nitrogen functional groups attached to an aromatic ring is 1. The van der Waals surface area contributed by atoms with E-state index < -0.39 is 0 Å². The van der Waals surface area contributed by atoms with Crippen LogP contribution < -0.4 is 15.2 Å². The van der Waals surface area contributed by atoms with E-state index in [4.69, 9.17) is 19.7 Å². The number of hydrogen-bond acceptors (Lipinski definition) is 5. The first-order valence-corrected chi connectivity index (χ1v) is 6.93. The van der Waals surface area contributed by atoms with Gasteiger partial charge in [-0.3, -0.25) is 0 Å². The molecule has 2 heterocycles. The number of anilines is 1. The normalized spacial score (nSPS) is 13.4. The number of rotatable bonds is 4. The molecule has 1 aliphatic rings. The molecule has 5 nitrogen and oxygen atoms in total. The van der Waals surface area contributed by atoms with Crippen LogP contribution in [0.4, 0.5) is 5.82 Å². The summed E-state index contributed by atoms with van der Waals surface area (Å²) in [5.41, 5.74) is 7.77. The molecule has 0 fully saturated rings. The van der Waals surface area contributed by atoms with Gasteiger partial charge in [0.25, 0.3) is 0 Å². The third kappa shape index (κ3) is 2.31. The molecule has 0 atom stereocenters. The topological polar surface area (TPSA) is 70.5 Å². The maximum atomic E-state index is 5.94. The fourth-order valence-corrected chi connectivity index (χ4v) is 2.35. The fraction of sp³-hybridized carbons (Fsp3) is 0.400. The molecule has 0 aliphatic carbocycles. The quantitative estimate of drug-likeness (QED) is 0.927. The van der Waals surface area contributed by atoms with Crippen molar-refractivity contribution in [2.24, 2.45) is 0 Å². The highest BCUT2D eigenvalue weighted by molar-refractivity contribution is 5.77. The molecule has 2 N–H and O–H groups in total. The second-order valence-electron chi connectivity index (χ2n) is 4.83. The van der Waals surface area contributed by atoms with Crippen LogP contribution >= 0.6 is 0 Å². The van der Waals surface area contributed by atoms with E-state index in [1.807, 2.05) is 18.2 Å². The van der Waals surface area contributed by atoms with Crippen molar-refractivity contribution in [1.29, 1.82) is 0 Å². The van der Waals surface area contributed by atoms with E-state index in [9.17, 15) is 0 Å². The average Bonchev–Trinajstić information content (AvgIpc) is 2.85. The van der Waals surface area contributed by atoms with Crippen LogP contribution in [0.2, 0.25) is 0 Å². The summed E-state index contributed by atoms with van der Waals surface area (Å²) in [5.74, 6) is 2.77. The first kappa shape index (κ1) is 12.8. The first-order chi connectivity index (χ1) is 9.79. The molecule has 1 aromatic carbocycles. The van der Waals surface area contributed by atoms with Crippen LogP contribution in [0.5, 0.6) is 11.5 Å². The minimum absolute atomic E-state index is 0.424. The Labute approximate surface area is 117 Å². The van der Waals surface area contributed by atoms with E-state index in [0.717, 1.165) is 47.6 Å². The number of aryl methyl sites for hydroxylation is 1. The predicted octanol–water partition coefficient (Wildman–Crippen LogP) is 3.04. The van der Waals surface area contributed by atoms with Gasteiger partial charge >= 0.3 is 0 Å². The zero-order chi connectivity index (χ0) is 13.9. The average molecular weight is 274 g/mol. The largest absolute Gasteiger partial charge is 0.486 e. The highest BCUT2D eigenvalue weighted by Crippen LogP contribution is 2.38. The molecule has 3 rings (SSSR count). The molecule has 1 aliphatic heterocycles. The van der Waals surface area contributed by atoms with Gasteiger partial charge in [-0.05, 0) is 24.1 Å². The minimum Gasteiger partial charge on any atom is -0.486 e. The molecule has 0 unspecified atom stereocenters. The van der Waals surface area contributed by atoms with Gasteiger partial charge in [0.1, 0.15) is 19.0 Å². The van der Waals surface area contributed by atoms with Gasteiger partial charge in [0.2, 0.25) is 0 Å². The smallest absolute Gasteiger partial charge is 0.175 e. The van der Waals surface area contributed by atoms with Crippen LogP contribution in [0.3, 0.4) is 0 Å². The van der Waals surface area contributed by atoms with E-state index in [1.165, 1.54) is 0 Å². The van der Waals surface area contributed by atoms with Crippen molar-refractivity contribution in [1.82, 2.24) is 5.16 Å². The molecule has 0 spiro atoms. The number of fused-ring (bicyclic) bond motifs is 1. The summed E-state index contributed by atoms with van der Waals surface area (Å²) in [4.78, 5) is 0. The zero-order valence-electron chi connectivity index (χ0n) is 11.5. The molecule has 0 amide bonds. The van der Waals surface area contributed by atoms with Crippen molar-refractivity contribution >= 4 is 5.82 Å². The Kier molecular flexibility index (Phi) is 3.50. The van der Waals surface area contributed by atoms with Gasteiger partial charge in [0.15, 0.2) is 17.3 Å². The van der Waals surface area contributed by atoms with Crippen molar-refractivity contribution in [2.45, 2.75) is 26.2 Å². The third-order valence-electron chi connectivity index (χ3n) is 3.38. The number of hydrogen-bond donors (Lipinski definition) is 1. The van der Waals surface area contributed by atoms with Gasteiger partial charge in [0.05, 0.1) is 5.56 Å². The number of nitrogens with two attached hydrogens (primary N) is 1. The monoisotopic (exact) mass is 274 g/mol. The number of benzene rings is 1. The number of nitrogens with zero attached hydrogens (tertiary/aromatic N) is 1. The highest BCUT2D eigenvalue weighted by Gasteiger charge is 2.19. The van der Waals surface area contributed by atoms with Gasteiger partial charge < -0.3 is 19.7 Å². The summed E-state index contributed by atoms with van der Waals surface area (Å²) in [7, 11) is 0. The van der Waals surface area contributed by atoms with Gasteiger partial charge in [-0.2, -0.15) is 0 Å². The molecule has 1 aromatic heterocycles. The van der Waals surface area contributed by atoms with E-state index in [0.29, 0.717) is 19.0 Å². The Morgan fingerprint density at radius 1 is 1.20 bits per heavy atom. The molecule has 2 aromatic rings. The Hall–Kier alpha value is -2.17. The lowest BCUT2D eigenvalue weighted by molar-refractivity contribution is 0.171. The molecule has 5 heteroatoms. The lowest BCUT2D eigenvalue weighted by atomic mass is 10.0. The highest BCUT2D eigenvalue weighted by atomic mass is 16.6. The molecule has 0 bridgehead atoms. The van der Waals surface area contributed by atoms with Crippen LogP contribution in [0, 0.1) is 0 Å². The number of aromatic nitrogens is 1. The van der Waals surface area contributed by atoms with Gasteiger partial charge in [0, 0.05) is 6.42 Å². The lowest BCUT2D eigenvalue weighted by Crippen LogP contribution is -2.15. The summed E-state index contributed by atoms with van der Waals surface area (Å²) in [6.07, 6.45) is 2.98. The number of unbranched alkanes of at least 4 members (excludes halogenated alkanes) is 1. The maximum Gasteiger partial charge on any atom is 0.175 e. The Balaban J connectivity index is 1.98. The molecule has 0 radical (unpaired) electrons. The summed E-state index contributed by atoms with van der Waals surface area (Å²) >= 11 is 0. The van der Waals surface area contributed by atoms with Crippen LogP contribution in [-0.2, 0) is 6.42 Å².